The van der Waals surface area contributed by atoms with Crippen molar-refractivity contribution in [2.24, 2.45) is 0 Å². The first-order chi connectivity index (χ1) is 11.1. The van der Waals surface area contributed by atoms with Crippen LogP contribution in [0.3, 0.4) is 0 Å². The van der Waals surface area contributed by atoms with Crippen molar-refractivity contribution in [2.75, 3.05) is 13.7 Å². The van der Waals surface area contributed by atoms with E-state index in [1.165, 1.54) is 0 Å². The predicted octanol–water partition coefficient (Wildman–Crippen LogP) is 4.06. The Kier molecular flexibility index (Phi) is 6.47. The summed E-state index contributed by atoms with van der Waals surface area (Å²) in [5.41, 5.74) is 2.23. The number of amides is 2. The molecule has 2 aromatic rings. The van der Waals surface area contributed by atoms with E-state index in [9.17, 15) is 4.79 Å². The van der Waals surface area contributed by atoms with Crippen LogP contribution in [0.4, 0.5) is 4.79 Å². The summed E-state index contributed by atoms with van der Waals surface area (Å²) in [4.78, 5) is 11.9. The molecule has 1 atom stereocenters. The van der Waals surface area contributed by atoms with Gasteiger partial charge in [-0.25, -0.2) is 4.79 Å². The molecule has 0 aliphatic heterocycles. The third-order valence-corrected chi connectivity index (χ3v) is 4.10. The zero-order valence-corrected chi connectivity index (χ0v) is 14.9. The van der Waals surface area contributed by atoms with Crippen LogP contribution in [0.2, 0.25) is 0 Å². The van der Waals surface area contributed by atoms with E-state index in [0.717, 1.165) is 27.8 Å². The SMILES string of the molecule is COc1ccc(CCNC(=O)NC(C)c2ccc(Br)cc2)cc1. The quantitative estimate of drug-likeness (QED) is 0.798. The van der Waals surface area contributed by atoms with Gasteiger partial charge in [0.2, 0.25) is 0 Å². The van der Waals surface area contributed by atoms with Crippen molar-refractivity contribution in [1.29, 1.82) is 0 Å². The van der Waals surface area contributed by atoms with Crippen molar-refractivity contribution < 1.29 is 9.53 Å². The Morgan fingerprint density at radius 3 is 2.39 bits per heavy atom. The zero-order chi connectivity index (χ0) is 16.7. The Hall–Kier alpha value is -2.01. The number of methoxy groups -OCH3 is 1. The molecule has 23 heavy (non-hydrogen) atoms. The fourth-order valence-corrected chi connectivity index (χ4v) is 2.46. The van der Waals surface area contributed by atoms with Crippen molar-refractivity contribution in [3.05, 3.63) is 64.1 Å². The van der Waals surface area contributed by atoms with E-state index >= 15 is 0 Å². The van der Waals surface area contributed by atoms with Crippen LogP contribution in [0.15, 0.2) is 53.0 Å². The Bertz CT molecular complexity index is 626. The molecule has 2 amide bonds. The average Bonchev–Trinajstić information content (AvgIpc) is 2.56. The minimum Gasteiger partial charge on any atom is -0.497 e. The predicted molar refractivity (Wildman–Crippen MR) is 95.8 cm³/mol. The summed E-state index contributed by atoms with van der Waals surface area (Å²) in [6, 6.07) is 15.6. The van der Waals surface area contributed by atoms with Gasteiger partial charge in [-0.3, -0.25) is 0 Å². The first-order valence-corrected chi connectivity index (χ1v) is 8.30. The molecule has 2 aromatic carbocycles. The first-order valence-electron chi connectivity index (χ1n) is 7.51. The normalized spacial score (nSPS) is 11.6. The fourth-order valence-electron chi connectivity index (χ4n) is 2.20. The number of urea groups is 1. The van der Waals surface area contributed by atoms with E-state index in [1.807, 2.05) is 55.5 Å². The molecular formula is C18H21BrN2O2. The average molecular weight is 377 g/mol. The minimum atomic E-state index is -0.158. The van der Waals surface area contributed by atoms with Crippen LogP contribution in [0.25, 0.3) is 0 Å². The molecule has 2 rings (SSSR count). The molecule has 0 aliphatic carbocycles. The molecule has 0 radical (unpaired) electrons. The lowest BCUT2D eigenvalue weighted by molar-refractivity contribution is 0.238. The Balaban J connectivity index is 1.74. The number of carbonyl (C=O) groups excluding carboxylic acids is 1. The number of hydrogen-bond acceptors (Lipinski definition) is 2. The highest BCUT2D eigenvalue weighted by Crippen LogP contribution is 2.16. The molecule has 4 nitrogen and oxygen atoms in total. The highest BCUT2D eigenvalue weighted by Gasteiger charge is 2.08. The smallest absolute Gasteiger partial charge is 0.315 e. The second kappa shape index (κ2) is 8.58. The van der Waals surface area contributed by atoms with Crippen LogP contribution in [0, 0.1) is 0 Å². The highest BCUT2D eigenvalue weighted by molar-refractivity contribution is 9.10. The number of rotatable bonds is 6. The Morgan fingerprint density at radius 2 is 1.78 bits per heavy atom. The summed E-state index contributed by atoms with van der Waals surface area (Å²) in [6.07, 6.45) is 0.782. The van der Waals surface area contributed by atoms with Crippen LogP contribution in [0.5, 0.6) is 5.75 Å². The summed E-state index contributed by atoms with van der Waals surface area (Å²) in [6.45, 7) is 2.55. The molecule has 2 N–H and O–H groups in total. The third kappa shape index (κ3) is 5.60. The van der Waals surface area contributed by atoms with Gasteiger partial charge in [0.25, 0.3) is 0 Å². The van der Waals surface area contributed by atoms with Gasteiger partial charge in [-0.2, -0.15) is 0 Å². The largest absolute Gasteiger partial charge is 0.497 e. The lowest BCUT2D eigenvalue weighted by atomic mass is 10.1. The van der Waals surface area contributed by atoms with Gasteiger partial charge < -0.3 is 15.4 Å². The van der Waals surface area contributed by atoms with Gasteiger partial charge >= 0.3 is 6.03 Å². The van der Waals surface area contributed by atoms with E-state index in [1.54, 1.807) is 7.11 Å². The maximum Gasteiger partial charge on any atom is 0.315 e. The molecule has 0 saturated carbocycles. The molecule has 0 bridgehead atoms. The van der Waals surface area contributed by atoms with Gasteiger partial charge in [0.05, 0.1) is 13.2 Å². The summed E-state index contributed by atoms with van der Waals surface area (Å²) in [5, 5.41) is 5.82. The molecule has 0 aliphatic rings. The van der Waals surface area contributed by atoms with Crippen LogP contribution >= 0.6 is 15.9 Å². The van der Waals surface area contributed by atoms with Crippen LogP contribution in [-0.2, 0) is 6.42 Å². The standard InChI is InChI=1S/C18H21BrN2O2/c1-13(15-5-7-16(19)8-6-15)21-18(22)20-12-11-14-3-9-17(23-2)10-4-14/h3-10,13H,11-12H2,1-2H3,(H2,20,21,22). The van der Waals surface area contributed by atoms with Gasteiger partial charge in [0, 0.05) is 11.0 Å². The molecule has 122 valence electrons. The summed E-state index contributed by atoms with van der Waals surface area (Å²) in [7, 11) is 1.65. The zero-order valence-electron chi connectivity index (χ0n) is 13.3. The lowest BCUT2D eigenvalue weighted by Crippen LogP contribution is -2.38. The maximum absolute atomic E-state index is 11.9. The van der Waals surface area contributed by atoms with Crippen molar-refractivity contribution in [2.45, 2.75) is 19.4 Å². The molecule has 5 heteroatoms. The summed E-state index contributed by atoms with van der Waals surface area (Å²) in [5.74, 6) is 0.836. The monoisotopic (exact) mass is 376 g/mol. The molecule has 1 unspecified atom stereocenters. The van der Waals surface area contributed by atoms with Crippen molar-refractivity contribution in [1.82, 2.24) is 10.6 Å². The molecule has 0 aromatic heterocycles. The molecule has 0 fully saturated rings. The topological polar surface area (TPSA) is 50.4 Å². The Labute approximate surface area is 145 Å². The number of ether oxygens (including phenoxy) is 1. The number of carbonyl (C=O) groups is 1. The number of benzene rings is 2. The third-order valence-electron chi connectivity index (χ3n) is 3.58. The van der Waals surface area contributed by atoms with Crippen LogP contribution in [0.1, 0.15) is 24.1 Å². The van der Waals surface area contributed by atoms with Crippen LogP contribution < -0.4 is 15.4 Å². The fraction of sp³-hybridized carbons (Fsp3) is 0.278. The molecular weight excluding hydrogens is 356 g/mol. The highest BCUT2D eigenvalue weighted by atomic mass is 79.9. The lowest BCUT2D eigenvalue weighted by Gasteiger charge is -2.15. The van der Waals surface area contributed by atoms with Crippen LogP contribution in [-0.4, -0.2) is 19.7 Å². The van der Waals surface area contributed by atoms with Crippen molar-refractivity contribution in [3.63, 3.8) is 0 Å². The molecule has 0 spiro atoms. The second-order valence-corrected chi connectivity index (χ2v) is 6.19. The van der Waals surface area contributed by atoms with Crippen molar-refractivity contribution >= 4 is 22.0 Å². The summed E-state index contributed by atoms with van der Waals surface area (Å²) >= 11 is 3.40. The van der Waals surface area contributed by atoms with E-state index in [0.29, 0.717) is 6.54 Å². The minimum absolute atomic E-state index is 0.0379. The van der Waals surface area contributed by atoms with E-state index in [-0.39, 0.29) is 12.1 Å². The van der Waals surface area contributed by atoms with Gasteiger partial charge in [-0.05, 0) is 48.7 Å². The van der Waals surface area contributed by atoms with Gasteiger partial charge in [0.1, 0.15) is 5.75 Å². The molecule has 0 saturated heterocycles. The van der Waals surface area contributed by atoms with Crippen molar-refractivity contribution in [3.8, 4) is 5.75 Å². The van der Waals surface area contributed by atoms with E-state index in [4.69, 9.17) is 4.74 Å². The number of nitrogens with one attached hydrogen (secondary N) is 2. The van der Waals surface area contributed by atoms with E-state index < -0.39 is 0 Å². The van der Waals surface area contributed by atoms with Gasteiger partial charge in [0.15, 0.2) is 0 Å². The first kappa shape index (κ1) is 17.3. The second-order valence-electron chi connectivity index (χ2n) is 5.27. The Morgan fingerprint density at radius 1 is 1.13 bits per heavy atom. The number of hydrogen-bond donors (Lipinski definition) is 2. The molecule has 0 heterocycles. The number of halogens is 1. The van der Waals surface area contributed by atoms with E-state index in [2.05, 4.69) is 26.6 Å². The van der Waals surface area contributed by atoms with Gasteiger partial charge in [-0.15, -0.1) is 0 Å². The van der Waals surface area contributed by atoms with Gasteiger partial charge in [-0.1, -0.05) is 40.2 Å². The maximum atomic E-state index is 11.9. The summed E-state index contributed by atoms with van der Waals surface area (Å²) < 4.78 is 6.15.